The predicted molar refractivity (Wildman–Crippen MR) is 60.6 cm³/mol. The van der Waals surface area contributed by atoms with Crippen molar-refractivity contribution in [2.45, 2.75) is 25.9 Å². The van der Waals surface area contributed by atoms with Gasteiger partial charge in [-0.1, -0.05) is 18.2 Å². The molecule has 0 aliphatic rings. The van der Waals surface area contributed by atoms with Crippen LogP contribution in [0, 0.1) is 12.3 Å². The van der Waals surface area contributed by atoms with Crippen molar-refractivity contribution in [1.29, 1.82) is 0 Å². The molecule has 0 aliphatic carbocycles. The Morgan fingerprint density at radius 3 is 2.87 bits per heavy atom. The summed E-state index contributed by atoms with van der Waals surface area (Å²) < 4.78 is 5.54. The van der Waals surface area contributed by atoms with Crippen LogP contribution < -0.4 is 4.74 Å². The molecule has 15 heavy (non-hydrogen) atoms. The molecule has 0 saturated carbocycles. The van der Waals surface area contributed by atoms with Crippen LogP contribution in [0.1, 0.15) is 31.4 Å². The number of aliphatic hydroxyl groups is 1. The maximum absolute atomic E-state index is 9.49. The van der Waals surface area contributed by atoms with Gasteiger partial charge in [-0.3, -0.25) is 0 Å². The fraction of sp³-hybridized carbons (Fsp3) is 0.385. The van der Waals surface area contributed by atoms with E-state index in [1.54, 1.807) is 6.92 Å². The van der Waals surface area contributed by atoms with E-state index in [2.05, 4.69) is 5.92 Å². The van der Waals surface area contributed by atoms with Gasteiger partial charge >= 0.3 is 0 Å². The van der Waals surface area contributed by atoms with E-state index in [1.165, 1.54) is 0 Å². The van der Waals surface area contributed by atoms with Crippen molar-refractivity contribution in [3.8, 4) is 18.1 Å². The zero-order chi connectivity index (χ0) is 11.1. The van der Waals surface area contributed by atoms with Gasteiger partial charge in [0.1, 0.15) is 5.75 Å². The number of rotatable bonds is 5. The molecule has 0 aliphatic heterocycles. The molecule has 0 amide bonds. The molecule has 0 bridgehead atoms. The minimum absolute atomic E-state index is 0.506. The number of hydrogen-bond acceptors (Lipinski definition) is 2. The average Bonchev–Trinajstić information content (AvgIpc) is 2.25. The van der Waals surface area contributed by atoms with Gasteiger partial charge in [0.25, 0.3) is 0 Å². The van der Waals surface area contributed by atoms with E-state index < -0.39 is 6.10 Å². The second-order valence-electron chi connectivity index (χ2n) is 3.37. The fourth-order valence-electron chi connectivity index (χ4n) is 1.31. The standard InChI is InChI=1S/C13H16O2/c1-3-4-7-10-15-13-9-6-5-8-12(13)11(2)14/h1,5-6,8-9,11,14H,4,7,10H2,2H3/t11-/m1/s1. The third kappa shape index (κ3) is 3.65. The summed E-state index contributed by atoms with van der Waals surface area (Å²) in [5.74, 6) is 3.30. The van der Waals surface area contributed by atoms with E-state index in [9.17, 15) is 5.11 Å². The molecule has 0 unspecified atom stereocenters. The summed E-state index contributed by atoms with van der Waals surface area (Å²) in [7, 11) is 0. The highest BCUT2D eigenvalue weighted by Crippen LogP contribution is 2.24. The van der Waals surface area contributed by atoms with E-state index in [4.69, 9.17) is 11.2 Å². The Hall–Kier alpha value is -1.46. The summed E-state index contributed by atoms with van der Waals surface area (Å²) in [6, 6.07) is 7.50. The Morgan fingerprint density at radius 2 is 2.20 bits per heavy atom. The Morgan fingerprint density at radius 1 is 1.47 bits per heavy atom. The number of aliphatic hydroxyl groups excluding tert-OH is 1. The molecule has 1 rings (SSSR count). The minimum atomic E-state index is -0.506. The molecule has 0 saturated heterocycles. The van der Waals surface area contributed by atoms with Gasteiger partial charge in [-0.15, -0.1) is 12.3 Å². The molecule has 1 N–H and O–H groups in total. The molecular weight excluding hydrogens is 188 g/mol. The van der Waals surface area contributed by atoms with Crippen LogP contribution in [0.3, 0.4) is 0 Å². The third-order valence-corrected chi connectivity index (χ3v) is 2.09. The van der Waals surface area contributed by atoms with Crippen molar-refractivity contribution in [1.82, 2.24) is 0 Å². The maximum atomic E-state index is 9.49. The molecule has 0 aromatic heterocycles. The molecule has 0 radical (unpaired) electrons. The van der Waals surface area contributed by atoms with Gasteiger partial charge < -0.3 is 9.84 Å². The van der Waals surface area contributed by atoms with Crippen LogP contribution in [0.5, 0.6) is 5.75 Å². The van der Waals surface area contributed by atoms with Gasteiger partial charge in [0, 0.05) is 12.0 Å². The number of hydrogen-bond donors (Lipinski definition) is 1. The van der Waals surface area contributed by atoms with Gasteiger partial charge in [-0.25, -0.2) is 0 Å². The maximum Gasteiger partial charge on any atom is 0.125 e. The second-order valence-corrected chi connectivity index (χ2v) is 3.37. The van der Waals surface area contributed by atoms with Crippen molar-refractivity contribution in [2.24, 2.45) is 0 Å². The Bertz CT molecular complexity index is 337. The molecule has 0 spiro atoms. The van der Waals surface area contributed by atoms with Crippen molar-refractivity contribution in [3.63, 3.8) is 0 Å². The first-order chi connectivity index (χ1) is 7.25. The zero-order valence-electron chi connectivity index (χ0n) is 8.94. The number of benzene rings is 1. The number of para-hydroxylation sites is 1. The molecule has 0 fully saturated rings. The van der Waals surface area contributed by atoms with Crippen LogP contribution in [-0.4, -0.2) is 11.7 Å². The Kier molecular flexibility index (Phi) is 4.73. The van der Waals surface area contributed by atoms with E-state index in [-0.39, 0.29) is 0 Å². The van der Waals surface area contributed by atoms with Crippen LogP contribution in [0.4, 0.5) is 0 Å². The summed E-state index contributed by atoms with van der Waals surface area (Å²) >= 11 is 0. The summed E-state index contributed by atoms with van der Waals surface area (Å²) in [5, 5.41) is 9.49. The van der Waals surface area contributed by atoms with Gasteiger partial charge in [0.2, 0.25) is 0 Å². The smallest absolute Gasteiger partial charge is 0.125 e. The molecule has 2 heteroatoms. The van der Waals surface area contributed by atoms with Crippen LogP contribution in [0.2, 0.25) is 0 Å². The molecule has 80 valence electrons. The molecule has 1 aromatic carbocycles. The Balaban J connectivity index is 2.56. The zero-order valence-corrected chi connectivity index (χ0v) is 8.94. The quantitative estimate of drug-likeness (QED) is 0.590. The SMILES string of the molecule is C#CCCCOc1ccccc1[C@@H](C)O. The predicted octanol–water partition coefficient (Wildman–Crippen LogP) is 2.53. The lowest BCUT2D eigenvalue weighted by Crippen LogP contribution is -2.01. The fourth-order valence-corrected chi connectivity index (χ4v) is 1.31. The van der Waals surface area contributed by atoms with Crippen LogP contribution >= 0.6 is 0 Å². The molecule has 1 aromatic rings. The Labute approximate surface area is 90.9 Å². The highest BCUT2D eigenvalue weighted by Gasteiger charge is 2.07. The first-order valence-corrected chi connectivity index (χ1v) is 5.09. The summed E-state index contributed by atoms with van der Waals surface area (Å²) in [6.07, 6.45) is 6.19. The normalized spacial score (nSPS) is 11.8. The largest absolute Gasteiger partial charge is 0.493 e. The summed E-state index contributed by atoms with van der Waals surface area (Å²) in [5.41, 5.74) is 0.818. The highest BCUT2D eigenvalue weighted by atomic mass is 16.5. The lowest BCUT2D eigenvalue weighted by Gasteiger charge is -2.12. The third-order valence-electron chi connectivity index (χ3n) is 2.09. The average molecular weight is 204 g/mol. The summed E-state index contributed by atoms with van der Waals surface area (Å²) in [4.78, 5) is 0. The molecule has 1 atom stereocenters. The van der Waals surface area contributed by atoms with Crippen LogP contribution in [-0.2, 0) is 0 Å². The van der Waals surface area contributed by atoms with Crippen LogP contribution in [0.25, 0.3) is 0 Å². The van der Waals surface area contributed by atoms with E-state index in [0.717, 1.165) is 24.2 Å². The first-order valence-electron chi connectivity index (χ1n) is 5.09. The first kappa shape index (κ1) is 11.6. The summed E-state index contributed by atoms with van der Waals surface area (Å²) in [6.45, 7) is 2.32. The molecular formula is C13H16O2. The van der Waals surface area contributed by atoms with E-state index >= 15 is 0 Å². The number of unbranched alkanes of at least 4 members (excludes halogenated alkanes) is 1. The second kappa shape index (κ2) is 6.10. The van der Waals surface area contributed by atoms with Crippen molar-refractivity contribution in [3.05, 3.63) is 29.8 Å². The number of ether oxygens (including phenoxy) is 1. The highest BCUT2D eigenvalue weighted by molar-refractivity contribution is 5.34. The van der Waals surface area contributed by atoms with E-state index in [0.29, 0.717) is 6.61 Å². The van der Waals surface area contributed by atoms with Crippen molar-refractivity contribution < 1.29 is 9.84 Å². The monoisotopic (exact) mass is 204 g/mol. The van der Waals surface area contributed by atoms with Crippen molar-refractivity contribution in [2.75, 3.05) is 6.61 Å². The van der Waals surface area contributed by atoms with Gasteiger partial charge in [-0.05, 0) is 19.4 Å². The van der Waals surface area contributed by atoms with Gasteiger partial charge in [0.05, 0.1) is 12.7 Å². The minimum Gasteiger partial charge on any atom is -0.493 e. The molecule has 0 heterocycles. The van der Waals surface area contributed by atoms with Gasteiger partial charge in [0.15, 0.2) is 0 Å². The molecule has 2 nitrogen and oxygen atoms in total. The van der Waals surface area contributed by atoms with Crippen molar-refractivity contribution >= 4 is 0 Å². The number of terminal acetylenes is 1. The van der Waals surface area contributed by atoms with Crippen LogP contribution in [0.15, 0.2) is 24.3 Å². The van der Waals surface area contributed by atoms with Gasteiger partial charge in [-0.2, -0.15) is 0 Å². The topological polar surface area (TPSA) is 29.5 Å². The van der Waals surface area contributed by atoms with E-state index in [1.807, 2.05) is 24.3 Å². The lowest BCUT2D eigenvalue weighted by atomic mass is 10.1. The lowest BCUT2D eigenvalue weighted by molar-refractivity contribution is 0.191.